The summed E-state index contributed by atoms with van der Waals surface area (Å²) in [5.41, 5.74) is 1.39. The number of anilines is 1. The van der Waals surface area contributed by atoms with Gasteiger partial charge in [-0.1, -0.05) is 54.6 Å². The van der Waals surface area contributed by atoms with Gasteiger partial charge in [0.05, 0.1) is 12.5 Å². The van der Waals surface area contributed by atoms with Gasteiger partial charge in [-0.15, -0.1) is 0 Å². The minimum absolute atomic E-state index is 0.251. The van der Waals surface area contributed by atoms with Crippen molar-refractivity contribution in [2.45, 2.75) is 24.9 Å². The largest absolute Gasteiger partial charge is 0.483 e. The van der Waals surface area contributed by atoms with Crippen molar-refractivity contribution in [1.82, 2.24) is 5.32 Å². The maximum atomic E-state index is 13.2. The lowest BCUT2D eigenvalue weighted by Gasteiger charge is -2.26. The van der Waals surface area contributed by atoms with Crippen molar-refractivity contribution < 1.29 is 29.0 Å². The van der Waals surface area contributed by atoms with Gasteiger partial charge in [0, 0.05) is 17.5 Å². The molecular weight excluding hydrogens is 424 g/mol. The maximum Gasteiger partial charge on any atom is 0.305 e. The molecule has 8 heteroatoms. The van der Waals surface area contributed by atoms with Crippen LogP contribution in [0.2, 0.25) is 0 Å². The molecule has 2 atom stereocenters. The summed E-state index contributed by atoms with van der Waals surface area (Å²) in [4.78, 5) is 49.7. The van der Waals surface area contributed by atoms with E-state index < -0.39 is 36.3 Å². The molecule has 0 spiro atoms. The molecular formula is C25H22N2O6. The zero-order chi connectivity index (χ0) is 23.4. The number of hydrogen-bond donors (Lipinski definition) is 2. The Morgan fingerprint density at radius 3 is 2.58 bits per heavy atom. The van der Waals surface area contributed by atoms with E-state index in [1.54, 1.807) is 18.2 Å². The van der Waals surface area contributed by atoms with E-state index in [1.807, 2.05) is 48.5 Å². The van der Waals surface area contributed by atoms with Crippen molar-refractivity contribution in [3.63, 3.8) is 0 Å². The second-order valence-electron chi connectivity index (χ2n) is 7.73. The van der Waals surface area contributed by atoms with Crippen LogP contribution in [0.5, 0.6) is 5.75 Å². The third-order valence-electron chi connectivity index (χ3n) is 5.53. The average molecular weight is 446 g/mol. The minimum atomic E-state index is -1.21. The molecule has 1 aliphatic heterocycles. The Morgan fingerprint density at radius 1 is 1.06 bits per heavy atom. The van der Waals surface area contributed by atoms with Gasteiger partial charge in [-0.05, 0) is 23.1 Å². The summed E-state index contributed by atoms with van der Waals surface area (Å²) in [7, 11) is 0. The van der Waals surface area contributed by atoms with Crippen molar-refractivity contribution >= 4 is 40.5 Å². The third kappa shape index (κ3) is 4.69. The summed E-state index contributed by atoms with van der Waals surface area (Å²) in [6.07, 6.45) is 0.0949. The van der Waals surface area contributed by atoms with Crippen LogP contribution in [0.25, 0.3) is 10.8 Å². The smallest absolute Gasteiger partial charge is 0.305 e. The van der Waals surface area contributed by atoms with E-state index in [9.17, 15) is 19.2 Å². The minimum Gasteiger partial charge on any atom is -0.483 e. The van der Waals surface area contributed by atoms with Crippen LogP contribution in [0.3, 0.4) is 0 Å². The number of ether oxygens (including phenoxy) is 1. The Hall–Kier alpha value is -4.20. The van der Waals surface area contributed by atoms with E-state index in [-0.39, 0.29) is 13.0 Å². The summed E-state index contributed by atoms with van der Waals surface area (Å²) in [5, 5.41) is 13.2. The van der Waals surface area contributed by atoms with Gasteiger partial charge in [0.15, 0.2) is 6.61 Å². The van der Waals surface area contributed by atoms with E-state index in [4.69, 9.17) is 9.84 Å². The van der Waals surface area contributed by atoms with E-state index in [2.05, 4.69) is 5.32 Å². The Balaban J connectivity index is 1.54. The fourth-order valence-electron chi connectivity index (χ4n) is 4.03. The van der Waals surface area contributed by atoms with Crippen LogP contribution in [0.15, 0.2) is 66.7 Å². The highest BCUT2D eigenvalue weighted by Crippen LogP contribution is 2.33. The quantitative estimate of drug-likeness (QED) is 0.514. The molecule has 1 heterocycles. The molecule has 0 bridgehead atoms. The number of nitrogens with one attached hydrogen (secondary N) is 1. The number of carbonyl (C=O) groups excluding carboxylic acids is 3. The zero-order valence-electron chi connectivity index (χ0n) is 17.6. The molecule has 0 unspecified atom stereocenters. The number of para-hydroxylation sites is 1. The molecule has 2 N–H and O–H groups in total. The topological polar surface area (TPSA) is 113 Å². The van der Waals surface area contributed by atoms with Gasteiger partial charge in [0.25, 0.3) is 5.91 Å². The fraction of sp³-hybridized carbons (Fsp3) is 0.200. The van der Waals surface area contributed by atoms with Crippen LogP contribution in [-0.4, -0.2) is 47.9 Å². The summed E-state index contributed by atoms with van der Waals surface area (Å²) >= 11 is 0. The van der Waals surface area contributed by atoms with Gasteiger partial charge in [0.1, 0.15) is 18.1 Å². The number of carboxylic acid groups (broad SMARTS) is 1. The molecule has 0 radical (unpaired) electrons. The molecule has 1 aliphatic rings. The van der Waals surface area contributed by atoms with E-state index in [0.717, 1.165) is 16.3 Å². The first-order chi connectivity index (χ1) is 16.0. The van der Waals surface area contributed by atoms with Gasteiger partial charge in [-0.2, -0.15) is 0 Å². The number of amides is 2. The van der Waals surface area contributed by atoms with Crippen molar-refractivity contribution in [2.24, 2.45) is 0 Å². The predicted octanol–water partition coefficient (Wildman–Crippen LogP) is 2.33. The van der Waals surface area contributed by atoms with Crippen LogP contribution in [0.4, 0.5) is 5.69 Å². The fourth-order valence-corrected chi connectivity index (χ4v) is 4.03. The number of nitrogens with zero attached hydrogens (tertiary/aromatic N) is 1. The van der Waals surface area contributed by atoms with E-state index in [1.165, 1.54) is 4.90 Å². The maximum absolute atomic E-state index is 13.2. The average Bonchev–Trinajstić information content (AvgIpc) is 3.21. The summed E-state index contributed by atoms with van der Waals surface area (Å²) in [5.74, 6) is -1.67. The molecule has 0 aromatic heterocycles. The summed E-state index contributed by atoms with van der Waals surface area (Å²) in [6, 6.07) is 18.3. The number of hydrogen-bond acceptors (Lipinski definition) is 5. The monoisotopic (exact) mass is 446 g/mol. The first-order valence-electron chi connectivity index (χ1n) is 10.5. The van der Waals surface area contributed by atoms with Gasteiger partial charge < -0.3 is 20.0 Å². The second kappa shape index (κ2) is 9.52. The number of aldehydes is 1. The number of carboxylic acids is 1. The SMILES string of the molecule is O=C[C@H](CC(=O)O)NC(=O)[C@@H]1Cc2ccccc2N1C(=O)COc1cccc2ccccc12. The molecule has 0 saturated heterocycles. The van der Waals surface area contributed by atoms with Crippen LogP contribution in [-0.2, 0) is 25.6 Å². The molecule has 168 valence electrons. The molecule has 3 aromatic carbocycles. The molecule has 4 rings (SSSR count). The highest BCUT2D eigenvalue weighted by atomic mass is 16.5. The zero-order valence-corrected chi connectivity index (χ0v) is 17.6. The summed E-state index contributed by atoms with van der Waals surface area (Å²) in [6.45, 7) is -0.293. The Labute approximate surface area is 189 Å². The first-order valence-corrected chi connectivity index (χ1v) is 10.5. The second-order valence-corrected chi connectivity index (χ2v) is 7.73. The van der Waals surface area contributed by atoms with Crippen molar-refractivity contribution in [3.8, 4) is 5.75 Å². The Kier molecular flexibility index (Phi) is 6.35. The number of fused-ring (bicyclic) bond motifs is 2. The lowest BCUT2D eigenvalue weighted by molar-refractivity contribution is -0.139. The molecule has 33 heavy (non-hydrogen) atoms. The van der Waals surface area contributed by atoms with Gasteiger partial charge >= 0.3 is 5.97 Å². The molecule has 0 aliphatic carbocycles. The van der Waals surface area contributed by atoms with E-state index in [0.29, 0.717) is 17.7 Å². The molecule has 0 saturated carbocycles. The number of aliphatic carboxylic acids is 1. The molecule has 8 nitrogen and oxygen atoms in total. The van der Waals surface area contributed by atoms with Crippen LogP contribution in [0.1, 0.15) is 12.0 Å². The van der Waals surface area contributed by atoms with Gasteiger partial charge in [-0.25, -0.2) is 0 Å². The molecule has 2 amide bonds. The van der Waals surface area contributed by atoms with Crippen LogP contribution in [0, 0.1) is 0 Å². The lowest BCUT2D eigenvalue weighted by Crippen LogP contribution is -2.52. The highest BCUT2D eigenvalue weighted by molar-refractivity contribution is 6.04. The molecule has 3 aromatic rings. The standard InChI is InChI=1S/C25H22N2O6/c28-14-18(13-24(30)31)26-25(32)21-12-17-7-2-4-10-20(17)27(21)23(29)15-33-22-11-5-8-16-6-1-3-9-19(16)22/h1-11,14,18,21H,12-13,15H2,(H,26,32)(H,30,31)/t18-,21-/m0/s1. The highest BCUT2D eigenvalue weighted by Gasteiger charge is 2.39. The Bertz CT molecular complexity index is 1220. The molecule has 0 fully saturated rings. The van der Waals surface area contributed by atoms with Gasteiger partial charge in [0.2, 0.25) is 5.91 Å². The number of benzene rings is 3. The lowest BCUT2D eigenvalue weighted by atomic mass is 10.1. The predicted molar refractivity (Wildman–Crippen MR) is 121 cm³/mol. The van der Waals surface area contributed by atoms with Crippen LogP contribution >= 0.6 is 0 Å². The first kappa shape index (κ1) is 22.0. The Morgan fingerprint density at radius 2 is 1.79 bits per heavy atom. The summed E-state index contributed by atoms with van der Waals surface area (Å²) < 4.78 is 5.83. The van der Waals surface area contributed by atoms with Crippen molar-refractivity contribution in [2.75, 3.05) is 11.5 Å². The van der Waals surface area contributed by atoms with Crippen molar-refractivity contribution in [3.05, 3.63) is 72.3 Å². The van der Waals surface area contributed by atoms with Crippen molar-refractivity contribution in [1.29, 1.82) is 0 Å². The van der Waals surface area contributed by atoms with Crippen LogP contribution < -0.4 is 15.0 Å². The normalized spacial score (nSPS) is 15.5. The van der Waals surface area contributed by atoms with E-state index >= 15 is 0 Å². The van der Waals surface area contributed by atoms with Gasteiger partial charge in [-0.3, -0.25) is 19.3 Å². The number of rotatable bonds is 8. The number of carbonyl (C=O) groups is 4. The third-order valence-corrected chi connectivity index (χ3v) is 5.53.